The lowest BCUT2D eigenvalue weighted by molar-refractivity contribution is -0.0877. The fraction of sp³-hybridized carbons (Fsp3) is 0.235. The molecular weight excluding hydrogens is 372 g/mol. The molecular formula is C17H18F4N2O4. The van der Waals surface area contributed by atoms with Crippen molar-refractivity contribution in [3.8, 4) is 5.75 Å². The number of benzene rings is 2. The second-order valence-electron chi connectivity index (χ2n) is 4.95. The first-order valence-corrected chi connectivity index (χ1v) is 7.36. The number of methoxy groups -OCH3 is 2. The molecule has 148 valence electrons. The molecule has 1 aromatic heterocycles. The summed E-state index contributed by atoms with van der Waals surface area (Å²) in [5, 5.41) is 8.69. The molecule has 10 heteroatoms. The number of phenols is 1. The summed E-state index contributed by atoms with van der Waals surface area (Å²) in [6, 6.07) is 3.32. The molecule has 0 spiro atoms. The molecule has 1 heterocycles. The van der Waals surface area contributed by atoms with Gasteiger partial charge >= 0.3 is 0 Å². The number of aromatic hydroxyl groups is 1. The molecule has 27 heavy (non-hydrogen) atoms. The third-order valence-corrected chi connectivity index (χ3v) is 3.11. The Bertz CT molecular complexity index is 783. The fourth-order valence-corrected chi connectivity index (χ4v) is 1.50. The van der Waals surface area contributed by atoms with Crippen molar-refractivity contribution in [2.75, 3.05) is 20.0 Å². The van der Waals surface area contributed by atoms with Crippen LogP contribution in [0.3, 0.4) is 0 Å². The molecule has 0 aliphatic heterocycles. The molecule has 0 atom stereocenters. The van der Waals surface area contributed by atoms with Crippen molar-refractivity contribution in [3.63, 3.8) is 0 Å². The zero-order chi connectivity index (χ0) is 20.6. The quantitative estimate of drug-likeness (QED) is 0.298. The third kappa shape index (κ3) is 6.76. The number of anilines is 1. The van der Waals surface area contributed by atoms with Gasteiger partial charge in [-0.3, -0.25) is 0 Å². The van der Waals surface area contributed by atoms with E-state index in [4.69, 9.17) is 15.3 Å². The summed E-state index contributed by atoms with van der Waals surface area (Å²) in [6.07, 6.45) is 1.08. The largest absolute Gasteiger partial charge is 0.506 e. The van der Waals surface area contributed by atoms with Crippen LogP contribution in [0.5, 0.6) is 5.75 Å². The maximum absolute atomic E-state index is 12.5. The maximum Gasteiger partial charge on any atom is 0.181 e. The first-order chi connectivity index (χ1) is 12.7. The van der Waals surface area contributed by atoms with Crippen LogP contribution in [0.25, 0.3) is 11.1 Å². The maximum atomic E-state index is 12.5. The predicted octanol–water partition coefficient (Wildman–Crippen LogP) is 3.98. The lowest BCUT2D eigenvalue weighted by Crippen LogP contribution is -2.05. The normalized spacial score (nSPS) is 10.2. The molecule has 3 aromatic rings. The highest BCUT2D eigenvalue weighted by Gasteiger charge is 2.06. The number of fused-ring (bicyclic) bond motifs is 1. The van der Waals surface area contributed by atoms with E-state index in [0.717, 1.165) is 24.6 Å². The Morgan fingerprint density at radius 3 is 2.00 bits per heavy atom. The number of oxazole rings is 1. The van der Waals surface area contributed by atoms with Crippen LogP contribution < -0.4 is 5.73 Å². The van der Waals surface area contributed by atoms with Gasteiger partial charge in [0.15, 0.2) is 41.5 Å². The molecule has 0 saturated heterocycles. The molecule has 0 bridgehead atoms. The summed E-state index contributed by atoms with van der Waals surface area (Å²) in [7, 11) is 3.21. The van der Waals surface area contributed by atoms with Crippen LogP contribution in [0.15, 0.2) is 35.1 Å². The lowest BCUT2D eigenvalue weighted by Gasteiger charge is -2.03. The van der Waals surface area contributed by atoms with Crippen molar-refractivity contribution in [1.82, 2.24) is 4.98 Å². The number of nitrogen functional groups attached to an aromatic ring is 1. The molecule has 2 aromatic carbocycles. The standard InChI is InChI=1S/C7H3F2NO.C6H5F2NO.C4H10O2/c8-4-1-6-7(2-5(4)9)11-3-10-6;7-3-1-5(9)6(10)2-4(3)8;1-4(5-2)6-3/h1-3H;1-2,10H,9H2;4H,1-3H3. The van der Waals surface area contributed by atoms with Gasteiger partial charge in [-0.25, -0.2) is 22.5 Å². The average molecular weight is 390 g/mol. The molecule has 3 N–H and O–H groups in total. The van der Waals surface area contributed by atoms with Crippen molar-refractivity contribution < 1.29 is 36.6 Å². The van der Waals surface area contributed by atoms with Gasteiger partial charge in [-0.05, 0) is 6.92 Å². The van der Waals surface area contributed by atoms with Gasteiger partial charge in [-0.2, -0.15) is 0 Å². The van der Waals surface area contributed by atoms with Crippen LogP contribution >= 0.6 is 0 Å². The van der Waals surface area contributed by atoms with E-state index in [1.807, 2.05) is 6.92 Å². The number of nitrogens with zero attached hydrogens (tertiary/aromatic N) is 1. The summed E-state index contributed by atoms with van der Waals surface area (Å²) < 4.78 is 63.4. The average Bonchev–Trinajstić information content (AvgIpc) is 3.08. The topological polar surface area (TPSA) is 90.7 Å². The Hall–Kier alpha value is -2.85. The van der Waals surface area contributed by atoms with E-state index < -0.39 is 29.0 Å². The molecule has 0 fully saturated rings. The summed E-state index contributed by atoms with van der Waals surface area (Å²) in [5.41, 5.74) is 5.44. The number of rotatable bonds is 2. The first-order valence-electron chi connectivity index (χ1n) is 7.36. The molecule has 3 rings (SSSR count). The van der Waals surface area contributed by atoms with E-state index in [2.05, 4.69) is 14.5 Å². The molecule has 0 unspecified atom stereocenters. The molecule has 6 nitrogen and oxygen atoms in total. The van der Waals surface area contributed by atoms with Gasteiger partial charge in [-0.15, -0.1) is 0 Å². The van der Waals surface area contributed by atoms with Gasteiger partial charge in [0.25, 0.3) is 0 Å². The summed E-state index contributed by atoms with van der Waals surface area (Å²) in [5.74, 6) is -4.44. The molecule has 0 amide bonds. The molecule has 0 aliphatic carbocycles. The summed E-state index contributed by atoms with van der Waals surface area (Å²) in [6.45, 7) is 1.83. The number of phenolic OH excluding ortho intramolecular Hbond substituents is 1. The van der Waals surface area contributed by atoms with Gasteiger partial charge in [0, 0.05) is 38.5 Å². The van der Waals surface area contributed by atoms with Crippen molar-refractivity contribution in [1.29, 1.82) is 0 Å². The van der Waals surface area contributed by atoms with Crippen molar-refractivity contribution in [2.24, 2.45) is 0 Å². The highest BCUT2D eigenvalue weighted by molar-refractivity contribution is 5.71. The number of halogens is 4. The zero-order valence-corrected chi connectivity index (χ0v) is 14.7. The summed E-state index contributed by atoms with van der Waals surface area (Å²) in [4.78, 5) is 3.65. The van der Waals surface area contributed by atoms with E-state index in [1.54, 1.807) is 14.2 Å². The van der Waals surface area contributed by atoms with Gasteiger partial charge in [0.2, 0.25) is 0 Å². The SMILES string of the molecule is COC(C)OC.Fc1cc2ncoc2cc1F.Nc1cc(F)c(F)cc1O. The number of hydrogen-bond acceptors (Lipinski definition) is 6. The van der Waals surface area contributed by atoms with Crippen molar-refractivity contribution in [2.45, 2.75) is 13.2 Å². The molecule has 0 saturated carbocycles. The lowest BCUT2D eigenvalue weighted by atomic mass is 10.3. The second-order valence-corrected chi connectivity index (χ2v) is 4.95. The van der Waals surface area contributed by atoms with Crippen LogP contribution in [0, 0.1) is 23.3 Å². The number of ether oxygens (including phenoxy) is 2. The second kappa shape index (κ2) is 10.3. The Morgan fingerprint density at radius 2 is 1.48 bits per heavy atom. The van der Waals surface area contributed by atoms with Crippen LogP contribution in [-0.2, 0) is 9.47 Å². The Labute approximate surface area is 152 Å². The van der Waals surface area contributed by atoms with E-state index in [1.165, 1.54) is 0 Å². The van der Waals surface area contributed by atoms with Gasteiger partial charge in [0.1, 0.15) is 11.3 Å². The van der Waals surface area contributed by atoms with E-state index >= 15 is 0 Å². The van der Waals surface area contributed by atoms with Gasteiger partial charge < -0.3 is 24.7 Å². The highest BCUT2D eigenvalue weighted by atomic mass is 19.2. The van der Waals surface area contributed by atoms with Crippen LogP contribution in [0.4, 0.5) is 23.2 Å². The Balaban J connectivity index is 0.000000213. The van der Waals surface area contributed by atoms with E-state index in [0.29, 0.717) is 11.6 Å². The van der Waals surface area contributed by atoms with Crippen molar-refractivity contribution in [3.05, 3.63) is 53.9 Å². The monoisotopic (exact) mass is 390 g/mol. The number of nitrogens with two attached hydrogens (primary N) is 1. The minimum Gasteiger partial charge on any atom is -0.506 e. The van der Waals surface area contributed by atoms with Crippen LogP contribution in [-0.4, -0.2) is 30.6 Å². The summed E-state index contributed by atoms with van der Waals surface area (Å²) >= 11 is 0. The predicted molar refractivity (Wildman–Crippen MR) is 89.8 cm³/mol. The van der Waals surface area contributed by atoms with E-state index in [-0.39, 0.29) is 17.6 Å². The number of aromatic nitrogens is 1. The zero-order valence-electron chi connectivity index (χ0n) is 14.7. The van der Waals surface area contributed by atoms with Crippen LogP contribution in [0.1, 0.15) is 6.92 Å². The van der Waals surface area contributed by atoms with Crippen LogP contribution in [0.2, 0.25) is 0 Å². The fourth-order valence-electron chi connectivity index (χ4n) is 1.50. The van der Waals surface area contributed by atoms with Gasteiger partial charge in [0.05, 0.1) is 5.69 Å². The minimum absolute atomic E-state index is 0.0648. The molecule has 0 radical (unpaired) electrons. The Kier molecular flexibility index (Phi) is 8.49. The van der Waals surface area contributed by atoms with Gasteiger partial charge in [-0.1, -0.05) is 0 Å². The van der Waals surface area contributed by atoms with Crippen molar-refractivity contribution >= 4 is 16.8 Å². The highest BCUT2D eigenvalue weighted by Crippen LogP contribution is 2.22. The third-order valence-electron chi connectivity index (χ3n) is 3.11. The Morgan fingerprint density at radius 1 is 0.963 bits per heavy atom. The number of hydrogen-bond donors (Lipinski definition) is 2. The smallest absolute Gasteiger partial charge is 0.181 e. The van der Waals surface area contributed by atoms with E-state index in [9.17, 15) is 17.6 Å². The first kappa shape index (κ1) is 22.2. The molecule has 0 aliphatic rings. The minimum atomic E-state index is -1.10.